The Hall–Kier alpha value is -3.02. The number of hydrogen-bond donors (Lipinski definition) is 3. The lowest BCUT2D eigenvalue weighted by molar-refractivity contribution is -0.116. The van der Waals surface area contributed by atoms with Crippen molar-refractivity contribution in [3.8, 4) is 5.75 Å². The summed E-state index contributed by atoms with van der Waals surface area (Å²) in [5, 5.41) is 8.73. The van der Waals surface area contributed by atoms with Crippen LogP contribution in [-0.2, 0) is 9.59 Å². The zero-order valence-corrected chi connectivity index (χ0v) is 14.5. The van der Waals surface area contributed by atoms with Crippen LogP contribution in [0.1, 0.15) is 20.3 Å². The van der Waals surface area contributed by atoms with E-state index in [9.17, 15) is 9.59 Å². The van der Waals surface area contributed by atoms with E-state index in [1.165, 1.54) is 6.92 Å². The van der Waals surface area contributed by atoms with Gasteiger partial charge < -0.3 is 20.7 Å². The van der Waals surface area contributed by atoms with Gasteiger partial charge in [-0.15, -0.1) is 0 Å². The van der Waals surface area contributed by atoms with Crippen molar-refractivity contribution < 1.29 is 14.3 Å². The number of hydrogen-bond acceptors (Lipinski definition) is 4. The van der Waals surface area contributed by atoms with Gasteiger partial charge >= 0.3 is 0 Å². The molecule has 2 aromatic carbocycles. The van der Waals surface area contributed by atoms with Crippen molar-refractivity contribution in [2.24, 2.45) is 0 Å². The lowest BCUT2D eigenvalue weighted by Gasteiger charge is -2.09. The van der Waals surface area contributed by atoms with Crippen LogP contribution < -0.4 is 20.7 Å². The van der Waals surface area contributed by atoms with Crippen molar-refractivity contribution in [1.82, 2.24) is 0 Å². The summed E-state index contributed by atoms with van der Waals surface area (Å²) in [4.78, 5) is 22.9. The summed E-state index contributed by atoms with van der Waals surface area (Å²) in [7, 11) is 0. The number of rotatable bonds is 8. The molecule has 0 bridgehead atoms. The lowest BCUT2D eigenvalue weighted by Crippen LogP contribution is -2.16. The van der Waals surface area contributed by atoms with Crippen molar-refractivity contribution in [2.45, 2.75) is 20.3 Å². The summed E-state index contributed by atoms with van der Waals surface area (Å²) in [5.74, 6) is 0.614. The molecule has 25 heavy (non-hydrogen) atoms. The molecule has 0 aliphatic rings. The van der Waals surface area contributed by atoms with E-state index >= 15 is 0 Å². The van der Waals surface area contributed by atoms with Gasteiger partial charge in [-0.3, -0.25) is 9.59 Å². The zero-order chi connectivity index (χ0) is 18.1. The Labute approximate surface area is 147 Å². The first-order chi connectivity index (χ1) is 12.1. The largest absolute Gasteiger partial charge is 0.494 e. The summed E-state index contributed by atoms with van der Waals surface area (Å²) >= 11 is 0. The first kappa shape index (κ1) is 18.3. The van der Waals surface area contributed by atoms with Crippen molar-refractivity contribution in [3.63, 3.8) is 0 Å². The smallest absolute Gasteiger partial charge is 0.226 e. The number of benzene rings is 2. The molecule has 0 saturated carbocycles. The third-order valence-electron chi connectivity index (χ3n) is 3.34. The lowest BCUT2D eigenvalue weighted by atomic mass is 10.2. The Morgan fingerprint density at radius 2 is 1.44 bits per heavy atom. The number of ether oxygens (including phenoxy) is 1. The summed E-state index contributed by atoms with van der Waals surface area (Å²) in [5.41, 5.74) is 2.38. The van der Waals surface area contributed by atoms with Crippen LogP contribution in [0, 0.1) is 0 Å². The quantitative estimate of drug-likeness (QED) is 0.687. The van der Waals surface area contributed by atoms with Gasteiger partial charge in [-0.25, -0.2) is 0 Å². The second kappa shape index (κ2) is 9.32. The fourth-order valence-electron chi connectivity index (χ4n) is 2.22. The van der Waals surface area contributed by atoms with Crippen molar-refractivity contribution in [1.29, 1.82) is 0 Å². The van der Waals surface area contributed by atoms with E-state index in [0.717, 1.165) is 22.8 Å². The van der Waals surface area contributed by atoms with Gasteiger partial charge in [-0.1, -0.05) is 0 Å². The molecule has 3 N–H and O–H groups in total. The minimum Gasteiger partial charge on any atom is -0.494 e. The van der Waals surface area contributed by atoms with E-state index < -0.39 is 0 Å². The van der Waals surface area contributed by atoms with Crippen LogP contribution in [0.15, 0.2) is 48.5 Å². The highest BCUT2D eigenvalue weighted by molar-refractivity contribution is 5.91. The average Bonchev–Trinajstić information content (AvgIpc) is 2.58. The molecule has 0 atom stereocenters. The third-order valence-corrected chi connectivity index (χ3v) is 3.34. The van der Waals surface area contributed by atoms with E-state index in [1.807, 2.05) is 55.5 Å². The van der Waals surface area contributed by atoms with Crippen molar-refractivity contribution in [2.75, 3.05) is 29.1 Å². The highest BCUT2D eigenvalue weighted by Gasteiger charge is 2.03. The highest BCUT2D eigenvalue weighted by atomic mass is 16.5. The molecule has 0 aliphatic carbocycles. The van der Waals surface area contributed by atoms with E-state index in [0.29, 0.717) is 19.6 Å². The fraction of sp³-hybridized carbons (Fsp3) is 0.263. The first-order valence-corrected chi connectivity index (χ1v) is 8.21. The minimum absolute atomic E-state index is 0.0634. The van der Waals surface area contributed by atoms with Crippen molar-refractivity contribution in [3.05, 3.63) is 48.5 Å². The van der Waals surface area contributed by atoms with E-state index in [1.54, 1.807) is 0 Å². The molecule has 6 heteroatoms. The molecule has 2 aromatic rings. The predicted octanol–water partition coefficient (Wildman–Crippen LogP) is 3.48. The molecule has 2 amide bonds. The molecule has 0 spiro atoms. The third kappa shape index (κ3) is 6.55. The molecule has 0 saturated heterocycles. The van der Waals surface area contributed by atoms with Gasteiger partial charge in [0, 0.05) is 37.0 Å². The monoisotopic (exact) mass is 341 g/mol. The number of anilines is 3. The molecule has 2 rings (SSSR count). The standard InChI is InChI=1S/C19H23N3O3/c1-3-25-18-10-8-17(9-11-18)22-19(24)12-13-20-15-4-6-16(7-5-15)21-14(2)23/h4-11,20H,3,12-13H2,1-2H3,(H,21,23)(H,22,24). The van der Waals surface area contributed by atoms with Crippen LogP contribution in [-0.4, -0.2) is 25.0 Å². The highest BCUT2D eigenvalue weighted by Crippen LogP contribution is 2.16. The van der Waals surface area contributed by atoms with Crippen LogP contribution in [0.4, 0.5) is 17.1 Å². The van der Waals surface area contributed by atoms with E-state index in [-0.39, 0.29) is 11.8 Å². The van der Waals surface area contributed by atoms with Crippen LogP contribution in [0.25, 0.3) is 0 Å². The fourth-order valence-corrected chi connectivity index (χ4v) is 2.22. The maximum absolute atomic E-state index is 12.0. The minimum atomic E-state index is -0.105. The number of carbonyl (C=O) groups is 2. The van der Waals surface area contributed by atoms with Gasteiger partial charge in [-0.05, 0) is 55.5 Å². The van der Waals surface area contributed by atoms with Crippen LogP contribution in [0.3, 0.4) is 0 Å². The number of nitrogens with one attached hydrogen (secondary N) is 3. The molecule has 0 radical (unpaired) electrons. The van der Waals surface area contributed by atoms with Gasteiger partial charge in [0.05, 0.1) is 6.61 Å². The maximum Gasteiger partial charge on any atom is 0.226 e. The zero-order valence-electron chi connectivity index (χ0n) is 14.5. The Kier molecular flexibility index (Phi) is 6.83. The van der Waals surface area contributed by atoms with Crippen molar-refractivity contribution >= 4 is 28.9 Å². The molecular formula is C19H23N3O3. The Balaban J connectivity index is 1.73. The molecule has 0 aromatic heterocycles. The summed E-state index contributed by atoms with van der Waals surface area (Å²) < 4.78 is 5.36. The normalized spacial score (nSPS) is 10.0. The maximum atomic E-state index is 12.0. The molecule has 0 heterocycles. The first-order valence-electron chi connectivity index (χ1n) is 8.21. The van der Waals surface area contributed by atoms with Crippen LogP contribution in [0.5, 0.6) is 5.75 Å². The number of carbonyl (C=O) groups excluding carboxylic acids is 2. The summed E-state index contributed by atoms with van der Waals surface area (Å²) in [6, 6.07) is 14.6. The molecule has 6 nitrogen and oxygen atoms in total. The molecular weight excluding hydrogens is 318 g/mol. The Morgan fingerprint density at radius 1 is 0.880 bits per heavy atom. The predicted molar refractivity (Wildman–Crippen MR) is 100 cm³/mol. The van der Waals surface area contributed by atoms with Gasteiger partial charge in [0.2, 0.25) is 11.8 Å². The molecule has 132 valence electrons. The topological polar surface area (TPSA) is 79.5 Å². The van der Waals surface area contributed by atoms with Gasteiger partial charge in [0.25, 0.3) is 0 Å². The number of amides is 2. The summed E-state index contributed by atoms with van der Waals surface area (Å²) in [6.07, 6.45) is 0.348. The SMILES string of the molecule is CCOc1ccc(NC(=O)CCNc2ccc(NC(C)=O)cc2)cc1. The second-order valence-corrected chi connectivity index (χ2v) is 5.44. The van der Waals surface area contributed by atoms with Crippen LogP contribution >= 0.6 is 0 Å². The van der Waals surface area contributed by atoms with Crippen LogP contribution in [0.2, 0.25) is 0 Å². The summed E-state index contributed by atoms with van der Waals surface area (Å²) in [6.45, 7) is 4.52. The molecule has 0 aliphatic heterocycles. The molecule has 0 fully saturated rings. The van der Waals surface area contributed by atoms with E-state index in [4.69, 9.17) is 4.74 Å². The average molecular weight is 341 g/mol. The van der Waals surface area contributed by atoms with Gasteiger partial charge in [-0.2, -0.15) is 0 Å². The second-order valence-electron chi connectivity index (χ2n) is 5.44. The van der Waals surface area contributed by atoms with E-state index in [2.05, 4.69) is 16.0 Å². The molecule has 0 unspecified atom stereocenters. The Morgan fingerprint density at radius 3 is 2.04 bits per heavy atom. The van der Waals surface area contributed by atoms with Gasteiger partial charge in [0.15, 0.2) is 0 Å². The van der Waals surface area contributed by atoms with Gasteiger partial charge in [0.1, 0.15) is 5.75 Å². The Bertz CT molecular complexity index is 697.